The van der Waals surface area contributed by atoms with E-state index in [-0.39, 0.29) is 139 Å². The SMILES string of the molecule is Cc1nc(Nc2cc(S(=O)(=O)[O-])cc3cc(SOO[O-])c(N=Nc4ccc5ccccc5c4S(=O)(=O)[O-])c(O)c23)nc(N2CCOCC2)n1.[Na+].[Na+].[Na+]. The smallest absolute Gasteiger partial charge is 0.744 e. The number of phenolic OH excluding ortho intramolecular Hbond substituents is 1. The van der Waals surface area contributed by atoms with Crippen LogP contribution in [0.15, 0.2) is 79.5 Å². The number of aromatic hydroxyl groups is 1. The molecule has 18 nitrogen and oxygen atoms in total. The van der Waals surface area contributed by atoms with Gasteiger partial charge in [0.2, 0.25) is 11.9 Å². The van der Waals surface area contributed by atoms with Crippen LogP contribution in [-0.4, -0.2) is 72.3 Å². The minimum absolute atomic E-state index is 0. The van der Waals surface area contributed by atoms with E-state index in [0.717, 1.165) is 12.1 Å². The average molecular weight is 798 g/mol. The van der Waals surface area contributed by atoms with Crippen LogP contribution in [0.5, 0.6) is 5.75 Å². The van der Waals surface area contributed by atoms with Crippen LogP contribution >= 0.6 is 12.0 Å². The Kier molecular flexibility index (Phi) is 16.2. The molecule has 6 rings (SSSR count). The van der Waals surface area contributed by atoms with Gasteiger partial charge >= 0.3 is 88.7 Å². The molecule has 0 radical (unpaired) electrons. The predicted molar refractivity (Wildman–Crippen MR) is 169 cm³/mol. The van der Waals surface area contributed by atoms with Crippen LogP contribution in [0.25, 0.3) is 21.5 Å². The molecule has 0 atom stereocenters. The Morgan fingerprint density at radius 2 is 1.63 bits per heavy atom. The van der Waals surface area contributed by atoms with Crippen molar-refractivity contribution in [2.75, 3.05) is 36.5 Å². The maximum atomic E-state index is 12.3. The molecular weight excluding hydrogens is 776 g/mol. The summed E-state index contributed by atoms with van der Waals surface area (Å²) in [6, 6.07) is 12.1. The van der Waals surface area contributed by atoms with Gasteiger partial charge in [-0.05, 0) is 42.0 Å². The number of aryl methyl sites for hydroxylation is 1. The summed E-state index contributed by atoms with van der Waals surface area (Å²) in [6.07, 6.45) is 0. The van der Waals surface area contributed by atoms with Crippen molar-refractivity contribution in [3.63, 3.8) is 0 Å². The van der Waals surface area contributed by atoms with E-state index in [2.05, 4.69) is 39.9 Å². The maximum Gasteiger partial charge on any atom is 1.00 e. The van der Waals surface area contributed by atoms with Crippen molar-refractivity contribution in [1.29, 1.82) is 0 Å². The van der Waals surface area contributed by atoms with Crippen molar-refractivity contribution in [2.45, 2.75) is 21.6 Å². The van der Waals surface area contributed by atoms with Crippen LogP contribution in [-0.2, 0) is 34.3 Å². The number of aromatic nitrogens is 3. The average Bonchev–Trinajstić information content (AvgIpc) is 3.05. The second kappa shape index (κ2) is 18.8. The number of morpholine rings is 1. The van der Waals surface area contributed by atoms with Gasteiger partial charge in [-0.1, -0.05) is 30.3 Å². The Bertz CT molecular complexity index is 2350. The van der Waals surface area contributed by atoms with Gasteiger partial charge in [-0.2, -0.15) is 19.3 Å². The molecule has 1 aliphatic rings. The number of rotatable bonds is 10. The third kappa shape index (κ3) is 10.2. The monoisotopic (exact) mass is 797 g/mol. The number of ether oxygens (including phenoxy) is 1. The Balaban J connectivity index is 0.00000243. The van der Waals surface area contributed by atoms with Crippen molar-refractivity contribution in [3.05, 3.63) is 60.4 Å². The van der Waals surface area contributed by atoms with Crippen LogP contribution in [0.2, 0.25) is 0 Å². The summed E-state index contributed by atoms with van der Waals surface area (Å²) in [6.45, 7) is 3.47. The van der Waals surface area contributed by atoms with Crippen molar-refractivity contribution >= 4 is 82.8 Å². The molecule has 0 unspecified atom stereocenters. The summed E-state index contributed by atoms with van der Waals surface area (Å²) in [5, 5.41) is 36.9. The fourth-order valence-corrected chi connectivity index (χ4v) is 6.99. The molecule has 24 heteroatoms. The summed E-state index contributed by atoms with van der Waals surface area (Å²) < 4.78 is 83.3. The minimum Gasteiger partial charge on any atom is -0.744 e. The van der Waals surface area contributed by atoms with Gasteiger partial charge in [-0.25, -0.2) is 16.8 Å². The van der Waals surface area contributed by atoms with E-state index < -0.39 is 41.5 Å². The number of nitrogens with zero attached hydrogens (tertiary/aromatic N) is 6. The molecule has 0 spiro atoms. The fourth-order valence-electron chi connectivity index (χ4n) is 5.14. The third-order valence-electron chi connectivity index (χ3n) is 7.21. The molecule has 1 saturated heterocycles. The second-order valence-corrected chi connectivity index (χ2v) is 13.8. The van der Waals surface area contributed by atoms with Crippen molar-refractivity contribution in [2.24, 2.45) is 10.2 Å². The molecule has 4 aromatic carbocycles. The van der Waals surface area contributed by atoms with Crippen LogP contribution in [0, 0.1) is 6.92 Å². The van der Waals surface area contributed by atoms with Crippen LogP contribution in [0.4, 0.5) is 29.0 Å². The van der Waals surface area contributed by atoms with Gasteiger partial charge in [0.1, 0.15) is 37.4 Å². The van der Waals surface area contributed by atoms with E-state index in [4.69, 9.17) is 4.74 Å². The predicted octanol–water partition coefficient (Wildman–Crippen LogP) is -5.76. The Morgan fingerprint density at radius 3 is 2.31 bits per heavy atom. The van der Waals surface area contributed by atoms with Crippen LogP contribution < -0.4 is 104 Å². The Hall–Kier alpha value is -1.58. The molecule has 0 aliphatic carbocycles. The molecule has 1 aliphatic heterocycles. The van der Waals surface area contributed by atoms with Gasteiger partial charge in [0.05, 0.1) is 45.6 Å². The molecule has 1 aromatic heterocycles. The summed E-state index contributed by atoms with van der Waals surface area (Å²) in [7, 11) is -10.2. The number of azo groups is 1. The molecule has 5 aromatic rings. The van der Waals surface area contributed by atoms with Gasteiger partial charge in [0, 0.05) is 23.9 Å². The van der Waals surface area contributed by atoms with E-state index in [1.807, 2.05) is 4.90 Å². The number of nitrogens with one attached hydrogen (secondary N) is 1. The largest absolute Gasteiger partial charge is 1.00 e. The van der Waals surface area contributed by atoms with E-state index in [1.54, 1.807) is 19.1 Å². The summed E-state index contributed by atoms with van der Waals surface area (Å²) >= 11 is 0.241. The number of benzene rings is 4. The minimum atomic E-state index is -5.09. The van der Waals surface area contributed by atoms with Crippen LogP contribution in [0.1, 0.15) is 5.82 Å². The standard InChI is InChI=1S/C28H25N7O11S3.3Na/c1-15-29-27(32-28(30-15)35-8-10-44-11-9-35)31-21-14-18(48(38,39)40)12-17-13-22(47-46-45-37)24(25(36)23(17)21)34-33-20-7-6-16-4-2-3-5-19(16)26(20)49(41,42)43;;;/h2-7,12-14,36-37H,8-11H2,1H3,(H,38,39,40)(H,41,42,43)(H,29,30,31,32);;;/q;3*+1/p-3. The first kappa shape index (κ1) is 44.8. The van der Waals surface area contributed by atoms with Crippen molar-refractivity contribution in [3.8, 4) is 5.75 Å². The van der Waals surface area contributed by atoms with Gasteiger partial charge in [-0.3, -0.25) is 5.04 Å². The van der Waals surface area contributed by atoms with E-state index >= 15 is 0 Å². The molecule has 0 amide bonds. The molecule has 2 heterocycles. The van der Waals surface area contributed by atoms with Gasteiger partial charge in [0.15, 0.2) is 5.75 Å². The normalized spacial score (nSPS) is 13.4. The summed E-state index contributed by atoms with van der Waals surface area (Å²) in [5.41, 5.74) is -0.948. The molecule has 0 bridgehead atoms. The number of phenols is 1. The van der Waals surface area contributed by atoms with Crippen molar-refractivity contribution in [1.82, 2.24) is 15.0 Å². The van der Waals surface area contributed by atoms with Crippen LogP contribution in [0.3, 0.4) is 0 Å². The molecule has 256 valence electrons. The summed E-state index contributed by atoms with van der Waals surface area (Å²) in [5.74, 6) is -0.173. The quantitative estimate of drug-likeness (QED) is 0.0333. The number of hydrogen-bond acceptors (Lipinski definition) is 19. The molecule has 0 saturated carbocycles. The molecule has 2 N–H and O–H groups in total. The second-order valence-electron chi connectivity index (χ2n) is 10.3. The van der Waals surface area contributed by atoms with Gasteiger partial charge in [-0.15, -0.1) is 10.2 Å². The van der Waals surface area contributed by atoms with E-state index in [1.165, 1.54) is 30.3 Å². The topological polar surface area (TPSA) is 264 Å². The number of hydrogen-bond donors (Lipinski definition) is 2. The first-order valence-electron chi connectivity index (χ1n) is 14.0. The van der Waals surface area contributed by atoms with E-state index in [0.29, 0.717) is 43.5 Å². The van der Waals surface area contributed by atoms with E-state index in [9.17, 15) is 36.3 Å². The Labute approximate surface area is 367 Å². The Morgan fingerprint density at radius 1 is 0.923 bits per heavy atom. The zero-order valence-corrected chi connectivity index (χ0v) is 36.4. The number of anilines is 3. The molecule has 1 fully saturated rings. The first-order valence-corrected chi connectivity index (χ1v) is 17.5. The zero-order chi connectivity index (χ0) is 34.9. The summed E-state index contributed by atoms with van der Waals surface area (Å²) in [4.78, 5) is 13.3. The third-order valence-corrected chi connectivity index (χ3v) is 9.56. The number of fused-ring (bicyclic) bond motifs is 2. The van der Waals surface area contributed by atoms with Gasteiger partial charge < -0.3 is 34.4 Å². The molecule has 52 heavy (non-hydrogen) atoms. The molecular formula is C28H22N7Na3O11S3. The van der Waals surface area contributed by atoms with Gasteiger partial charge in [0.25, 0.3) is 0 Å². The fraction of sp³-hybridized carbons (Fsp3) is 0.179. The van der Waals surface area contributed by atoms with Crippen molar-refractivity contribution < 1.29 is 139 Å². The first-order chi connectivity index (χ1) is 23.3. The zero-order valence-electron chi connectivity index (χ0n) is 28.0. The maximum absolute atomic E-state index is 12.3.